The van der Waals surface area contributed by atoms with Crippen LogP contribution in [-0.2, 0) is 23.9 Å². The normalized spacial score (nSPS) is 18.1. The maximum Gasteiger partial charge on any atom is 0.416 e. The molecular formula is C31H38F3N5O3S. The second-order valence-corrected chi connectivity index (χ2v) is 12.2. The summed E-state index contributed by atoms with van der Waals surface area (Å²) in [7, 11) is 0. The summed E-state index contributed by atoms with van der Waals surface area (Å²) in [6.45, 7) is 6.17. The van der Waals surface area contributed by atoms with Crippen molar-refractivity contribution in [1.82, 2.24) is 19.9 Å². The molecule has 3 aromatic rings. The molecule has 2 fully saturated rings. The van der Waals surface area contributed by atoms with Gasteiger partial charge in [0, 0.05) is 36.1 Å². The number of halogens is 3. The number of carboxylic acid groups (broad SMARTS) is 1. The van der Waals surface area contributed by atoms with Gasteiger partial charge in [-0.2, -0.15) is 13.2 Å². The minimum absolute atomic E-state index is 0. The Balaban J connectivity index is 0.00000423. The highest BCUT2D eigenvalue weighted by atomic mass is 32.1. The molecule has 0 radical (unpaired) electrons. The second kappa shape index (κ2) is 13.5. The first-order valence-electron chi connectivity index (χ1n) is 14.3. The number of ketones is 1. The average molecular weight is 618 g/mol. The Morgan fingerprint density at radius 1 is 1.09 bits per heavy atom. The Kier molecular flexibility index (Phi) is 10.2. The van der Waals surface area contributed by atoms with Gasteiger partial charge >= 0.3 is 12.1 Å². The number of hydrogen-bond acceptors (Lipinski definition) is 8. The van der Waals surface area contributed by atoms with Gasteiger partial charge in [-0.05, 0) is 57.2 Å². The molecule has 1 N–H and O–H groups in total. The molecule has 2 saturated heterocycles. The number of hydrogen-bond donors (Lipinski definition) is 1. The molecule has 5 rings (SSSR count). The first-order valence-corrected chi connectivity index (χ1v) is 15.1. The number of carboxylic acids is 1. The van der Waals surface area contributed by atoms with E-state index in [9.17, 15) is 27.9 Å². The van der Waals surface area contributed by atoms with Crippen molar-refractivity contribution in [3.63, 3.8) is 0 Å². The van der Waals surface area contributed by atoms with Crippen molar-refractivity contribution in [3.8, 4) is 11.3 Å². The molecule has 43 heavy (non-hydrogen) atoms. The van der Waals surface area contributed by atoms with Crippen LogP contribution in [0.5, 0.6) is 0 Å². The maximum absolute atomic E-state index is 13.7. The molecule has 0 aliphatic carbocycles. The van der Waals surface area contributed by atoms with Gasteiger partial charge in [0.15, 0.2) is 5.78 Å². The van der Waals surface area contributed by atoms with Crippen molar-refractivity contribution >= 4 is 28.9 Å². The number of aryl methyl sites for hydroxylation is 1. The molecule has 2 aliphatic heterocycles. The maximum atomic E-state index is 13.7. The predicted octanol–water partition coefficient (Wildman–Crippen LogP) is 6.66. The Labute approximate surface area is 254 Å². The van der Waals surface area contributed by atoms with Crippen LogP contribution < -0.4 is 4.90 Å². The van der Waals surface area contributed by atoms with Crippen LogP contribution >= 0.6 is 11.3 Å². The van der Waals surface area contributed by atoms with Crippen LogP contribution in [0.3, 0.4) is 0 Å². The zero-order chi connectivity index (χ0) is 30.0. The molecule has 1 atom stereocenters. The van der Waals surface area contributed by atoms with Gasteiger partial charge in [0.25, 0.3) is 0 Å². The first kappa shape index (κ1) is 32.5. The molecule has 8 nitrogen and oxygen atoms in total. The van der Waals surface area contributed by atoms with Crippen LogP contribution in [0.4, 0.5) is 19.0 Å². The van der Waals surface area contributed by atoms with Gasteiger partial charge in [-0.3, -0.25) is 14.5 Å². The number of carbonyl (C=O) groups is 2. The van der Waals surface area contributed by atoms with Crippen molar-refractivity contribution in [2.45, 2.75) is 78.6 Å². The summed E-state index contributed by atoms with van der Waals surface area (Å²) < 4.78 is 41.2. The Morgan fingerprint density at radius 2 is 1.84 bits per heavy atom. The standard InChI is InChI=1S/C30H34F3N5O3S.CH4/c1-3-21-5-4-10-38(21)17-25-28(20-7-6-18(2)22(13-20)30(31,32)33)36-27(42-25)14-24(39)23-15-35-26(16-34-23)37-11-8-19(9-12-37)29(40)41;/h6-7,13,15-16,19,21H,3-5,8-12,14,17H2,1-2H3,(H,40,41);1H4/t21-;/m1./s1. The van der Waals surface area contributed by atoms with Crippen LogP contribution in [0.25, 0.3) is 11.3 Å². The number of benzene rings is 1. The molecule has 2 aliphatic rings. The van der Waals surface area contributed by atoms with Gasteiger partial charge in [0.1, 0.15) is 16.5 Å². The highest BCUT2D eigenvalue weighted by Crippen LogP contribution is 2.38. The van der Waals surface area contributed by atoms with E-state index in [-0.39, 0.29) is 36.8 Å². The number of thiazole rings is 1. The minimum atomic E-state index is -4.48. The van der Waals surface area contributed by atoms with Crippen molar-refractivity contribution in [2.24, 2.45) is 5.92 Å². The first-order chi connectivity index (χ1) is 20.0. The SMILES string of the molecule is C.CC[C@@H]1CCCN1Cc1sc(CC(=O)c2cnc(N3CCC(C(=O)O)CC3)cn2)nc1-c1ccc(C)c(C(F)(F)F)c1. The van der Waals surface area contributed by atoms with Gasteiger partial charge in [0.05, 0.1) is 36.0 Å². The van der Waals surface area contributed by atoms with E-state index < -0.39 is 17.7 Å². The third kappa shape index (κ3) is 7.41. The lowest BCUT2D eigenvalue weighted by atomic mass is 9.97. The Morgan fingerprint density at radius 3 is 2.47 bits per heavy atom. The summed E-state index contributed by atoms with van der Waals surface area (Å²) in [6, 6.07) is 4.71. The summed E-state index contributed by atoms with van der Waals surface area (Å²) in [5.41, 5.74) is 0.518. The topological polar surface area (TPSA) is 99.5 Å². The van der Waals surface area contributed by atoms with E-state index in [1.807, 2.05) is 4.90 Å². The summed E-state index contributed by atoms with van der Waals surface area (Å²) in [6.07, 6.45) is 2.63. The number of likely N-dealkylation sites (tertiary alicyclic amines) is 1. The molecule has 232 valence electrons. The Hall–Kier alpha value is -3.38. The smallest absolute Gasteiger partial charge is 0.416 e. The molecule has 0 unspecified atom stereocenters. The number of nitrogens with zero attached hydrogens (tertiary/aromatic N) is 5. The van der Waals surface area contributed by atoms with Crippen LogP contribution in [0.15, 0.2) is 30.6 Å². The predicted molar refractivity (Wildman–Crippen MR) is 160 cm³/mol. The summed E-state index contributed by atoms with van der Waals surface area (Å²) in [5, 5.41) is 9.73. The quantitative estimate of drug-likeness (QED) is 0.266. The molecule has 0 spiro atoms. The van der Waals surface area contributed by atoms with E-state index in [1.54, 1.807) is 6.07 Å². The van der Waals surface area contributed by atoms with Crippen molar-refractivity contribution in [3.05, 3.63) is 57.3 Å². The number of carbonyl (C=O) groups excluding carboxylic acids is 1. The zero-order valence-corrected chi connectivity index (χ0v) is 24.5. The molecule has 1 aromatic carbocycles. The minimum Gasteiger partial charge on any atom is -0.481 e. The fraction of sp³-hybridized carbons (Fsp3) is 0.516. The molecule has 0 bridgehead atoms. The van der Waals surface area contributed by atoms with E-state index >= 15 is 0 Å². The van der Waals surface area contributed by atoms with Crippen molar-refractivity contribution in [2.75, 3.05) is 24.5 Å². The van der Waals surface area contributed by atoms with E-state index in [0.717, 1.165) is 36.8 Å². The highest BCUT2D eigenvalue weighted by molar-refractivity contribution is 7.12. The van der Waals surface area contributed by atoms with E-state index in [0.29, 0.717) is 60.6 Å². The largest absolute Gasteiger partial charge is 0.481 e. The number of Topliss-reactive ketones (excluding diaryl/α,β-unsaturated/α-hetero) is 1. The van der Waals surface area contributed by atoms with Crippen LogP contribution in [0.1, 0.15) is 78.0 Å². The summed E-state index contributed by atoms with van der Waals surface area (Å²) in [5.74, 6) is -0.839. The van der Waals surface area contributed by atoms with Gasteiger partial charge in [-0.1, -0.05) is 26.5 Å². The van der Waals surface area contributed by atoms with Gasteiger partial charge < -0.3 is 10.0 Å². The van der Waals surface area contributed by atoms with Gasteiger partial charge in [0.2, 0.25) is 0 Å². The molecule has 0 saturated carbocycles. The van der Waals surface area contributed by atoms with E-state index in [1.165, 1.54) is 36.7 Å². The van der Waals surface area contributed by atoms with Gasteiger partial charge in [-0.25, -0.2) is 15.0 Å². The van der Waals surface area contributed by atoms with Crippen LogP contribution in [-0.4, -0.2) is 62.4 Å². The number of alkyl halides is 3. The number of aromatic nitrogens is 3. The van der Waals surface area contributed by atoms with Crippen molar-refractivity contribution in [1.29, 1.82) is 0 Å². The lowest BCUT2D eigenvalue weighted by Gasteiger charge is -2.30. The fourth-order valence-electron chi connectivity index (χ4n) is 5.85. The number of aliphatic carboxylic acids is 1. The summed E-state index contributed by atoms with van der Waals surface area (Å²) in [4.78, 5) is 43.0. The third-order valence-electron chi connectivity index (χ3n) is 8.28. The second-order valence-electron chi connectivity index (χ2n) is 11.0. The van der Waals surface area contributed by atoms with Crippen LogP contribution in [0, 0.1) is 12.8 Å². The third-order valence-corrected chi connectivity index (χ3v) is 9.32. The summed E-state index contributed by atoms with van der Waals surface area (Å²) >= 11 is 1.36. The Bertz CT molecular complexity index is 1440. The zero-order valence-electron chi connectivity index (χ0n) is 23.7. The molecular weight excluding hydrogens is 579 g/mol. The number of piperidine rings is 1. The highest BCUT2D eigenvalue weighted by Gasteiger charge is 2.33. The molecule has 12 heteroatoms. The van der Waals surface area contributed by atoms with E-state index in [4.69, 9.17) is 4.98 Å². The van der Waals surface area contributed by atoms with E-state index in [2.05, 4.69) is 21.8 Å². The fourth-order valence-corrected chi connectivity index (χ4v) is 6.96. The van der Waals surface area contributed by atoms with Gasteiger partial charge in [-0.15, -0.1) is 11.3 Å². The number of rotatable bonds is 9. The number of anilines is 1. The lowest BCUT2D eigenvalue weighted by molar-refractivity contribution is -0.142. The van der Waals surface area contributed by atoms with Crippen LogP contribution in [0.2, 0.25) is 0 Å². The van der Waals surface area contributed by atoms with Crippen molar-refractivity contribution < 1.29 is 27.9 Å². The molecule has 2 aromatic heterocycles. The monoisotopic (exact) mass is 617 g/mol. The molecule has 4 heterocycles. The lowest BCUT2D eigenvalue weighted by Crippen LogP contribution is -2.36. The molecule has 0 amide bonds. The average Bonchev–Trinajstić information content (AvgIpc) is 3.59.